The van der Waals surface area contributed by atoms with E-state index >= 15 is 0 Å². The van der Waals surface area contributed by atoms with Gasteiger partial charge in [-0.25, -0.2) is 9.97 Å². The van der Waals surface area contributed by atoms with E-state index in [4.69, 9.17) is 11.6 Å². The zero-order chi connectivity index (χ0) is 14.3. The van der Waals surface area contributed by atoms with Crippen LogP contribution in [0, 0.1) is 13.8 Å². The maximum atomic E-state index is 6.29. The Balaban J connectivity index is 2.18. The average Bonchev–Trinajstić information content (AvgIpc) is 2.95. The first kappa shape index (κ1) is 13.6. The molecule has 3 aromatic rings. The van der Waals surface area contributed by atoms with Crippen LogP contribution in [0.15, 0.2) is 22.9 Å². The predicted octanol–water partition coefficient (Wildman–Crippen LogP) is 4.46. The van der Waals surface area contributed by atoms with E-state index < -0.39 is 0 Å². The Kier molecular flexibility index (Phi) is 3.52. The highest BCUT2D eigenvalue weighted by molar-refractivity contribution is 7.08. The van der Waals surface area contributed by atoms with Crippen molar-refractivity contribution in [1.29, 1.82) is 0 Å². The van der Waals surface area contributed by atoms with Crippen LogP contribution in [-0.2, 0) is 6.54 Å². The number of imidazole rings is 1. The third kappa shape index (κ3) is 2.34. The molecular weight excluding hydrogens is 290 g/mol. The van der Waals surface area contributed by atoms with Crippen molar-refractivity contribution in [2.45, 2.75) is 32.7 Å². The van der Waals surface area contributed by atoms with Crippen LogP contribution in [0.5, 0.6) is 0 Å². The van der Waals surface area contributed by atoms with Crippen molar-refractivity contribution >= 4 is 34.1 Å². The van der Waals surface area contributed by atoms with E-state index in [1.54, 1.807) is 11.3 Å². The lowest BCUT2D eigenvalue weighted by Crippen LogP contribution is -2.07. The number of pyridine rings is 1. The zero-order valence-corrected chi connectivity index (χ0v) is 13.3. The molecule has 0 saturated heterocycles. The van der Waals surface area contributed by atoms with Crippen molar-refractivity contribution in [3.63, 3.8) is 0 Å². The lowest BCUT2D eigenvalue weighted by Gasteiger charge is -2.10. The molecule has 3 nitrogen and oxygen atoms in total. The van der Waals surface area contributed by atoms with Crippen molar-refractivity contribution in [3.05, 3.63) is 45.5 Å². The number of hydrogen-bond acceptors (Lipinski definition) is 3. The summed E-state index contributed by atoms with van der Waals surface area (Å²) in [4.78, 5) is 9.27. The zero-order valence-electron chi connectivity index (χ0n) is 11.7. The monoisotopic (exact) mass is 305 g/mol. The van der Waals surface area contributed by atoms with Gasteiger partial charge in [-0.05, 0) is 54.8 Å². The summed E-state index contributed by atoms with van der Waals surface area (Å²) >= 11 is 8.01. The Hall–Kier alpha value is -1.39. The molecule has 0 aliphatic carbocycles. The summed E-state index contributed by atoms with van der Waals surface area (Å²) < 4.78 is 2.13. The van der Waals surface area contributed by atoms with E-state index in [9.17, 15) is 0 Å². The molecule has 3 aromatic heterocycles. The van der Waals surface area contributed by atoms with Gasteiger partial charge in [-0.3, -0.25) is 0 Å². The molecule has 3 rings (SSSR count). The van der Waals surface area contributed by atoms with Crippen LogP contribution in [0.4, 0.5) is 0 Å². The summed E-state index contributed by atoms with van der Waals surface area (Å²) in [7, 11) is 0. The van der Waals surface area contributed by atoms with E-state index in [0.717, 1.165) is 29.2 Å². The second kappa shape index (κ2) is 5.19. The minimum absolute atomic E-state index is 0.136. The van der Waals surface area contributed by atoms with Crippen molar-refractivity contribution < 1.29 is 0 Å². The summed E-state index contributed by atoms with van der Waals surface area (Å²) in [6, 6.07) is 4.00. The fourth-order valence-corrected chi connectivity index (χ4v) is 3.31. The Morgan fingerprint density at radius 1 is 1.25 bits per heavy atom. The number of aromatic nitrogens is 3. The molecule has 3 heterocycles. The van der Waals surface area contributed by atoms with E-state index in [0.29, 0.717) is 0 Å². The molecule has 0 spiro atoms. The molecule has 0 aliphatic rings. The van der Waals surface area contributed by atoms with Crippen molar-refractivity contribution in [2.75, 3.05) is 0 Å². The molecule has 0 aromatic carbocycles. The summed E-state index contributed by atoms with van der Waals surface area (Å²) in [5.41, 5.74) is 5.42. The van der Waals surface area contributed by atoms with Crippen LogP contribution in [0.1, 0.15) is 34.9 Å². The van der Waals surface area contributed by atoms with Crippen molar-refractivity contribution in [1.82, 2.24) is 14.5 Å². The van der Waals surface area contributed by atoms with Crippen LogP contribution in [0.3, 0.4) is 0 Å². The van der Waals surface area contributed by atoms with Gasteiger partial charge in [0.15, 0.2) is 5.65 Å². The van der Waals surface area contributed by atoms with Gasteiger partial charge in [0.1, 0.15) is 11.3 Å². The van der Waals surface area contributed by atoms with Crippen LogP contribution < -0.4 is 0 Å². The lowest BCUT2D eigenvalue weighted by molar-refractivity contribution is 0.734. The molecule has 1 atom stereocenters. The van der Waals surface area contributed by atoms with Crippen LogP contribution in [0.2, 0.25) is 0 Å². The van der Waals surface area contributed by atoms with Gasteiger partial charge in [0.25, 0.3) is 0 Å². The Morgan fingerprint density at radius 3 is 2.70 bits per heavy atom. The summed E-state index contributed by atoms with van der Waals surface area (Å²) in [6.07, 6.45) is 0. The highest BCUT2D eigenvalue weighted by atomic mass is 35.5. The third-order valence-electron chi connectivity index (χ3n) is 3.41. The predicted molar refractivity (Wildman–Crippen MR) is 84.7 cm³/mol. The molecule has 0 amide bonds. The number of aryl methyl sites for hydroxylation is 2. The minimum Gasteiger partial charge on any atom is -0.307 e. The lowest BCUT2D eigenvalue weighted by atomic mass is 10.2. The van der Waals surface area contributed by atoms with E-state index in [1.807, 2.05) is 26.0 Å². The largest absolute Gasteiger partial charge is 0.307 e. The fourth-order valence-electron chi connectivity index (χ4n) is 2.29. The van der Waals surface area contributed by atoms with Gasteiger partial charge in [0.05, 0.1) is 11.9 Å². The number of hydrogen-bond donors (Lipinski definition) is 0. The van der Waals surface area contributed by atoms with E-state index in [2.05, 4.69) is 32.2 Å². The third-order valence-corrected chi connectivity index (χ3v) is 4.51. The molecule has 0 saturated carbocycles. The highest BCUT2D eigenvalue weighted by Gasteiger charge is 2.17. The first-order chi connectivity index (χ1) is 9.56. The SMILES string of the molecule is Cc1ccc2nc(C(C)Cl)n(Cc3cscc3C)c2n1. The molecule has 5 heteroatoms. The van der Waals surface area contributed by atoms with Gasteiger partial charge < -0.3 is 4.57 Å². The molecule has 20 heavy (non-hydrogen) atoms. The van der Waals surface area contributed by atoms with Gasteiger partial charge in [-0.15, -0.1) is 11.6 Å². The second-order valence-electron chi connectivity index (χ2n) is 5.05. The smallest absolute Gasteiger partial charge is 0.160 e. The van der Waals surface area contributed by atoms with Crippen molar-refractivity contribution in [2.24, 2.45) is 0 Å². The molecule has 0 aliphatic heterocycles. The molecule has 0 radical (unpaired) electrons. The van der Waals surface area contributed by atoms with Gasteiger partial charge in [-0.2, -0.15) is 11.3 Å². The number of fused-ring (bicyclic) bond motifs is 1. The number of halogens is 1. The molecule has 0 N–H and O–H groups in total. The highest BCUT2D eigenvalue weighted by Crippen LogP contribution is 2.26. The number of alkyl halides is 1. The summed E-state index contributed by atoms with van der Waals surface area (Å²) in [6.45, 7) is 6.85. The fraction of sp³-hybridized carbons (Fsp3) is 0.333. The molecule has 0 fully saturated rings. The van der Waals surface area contributed by atoms with Crippen molar-refractivity contribution in [3.8, 4) is 0 Å². The second-order valence-corrected chi connectivity index (χ2v) is 6.45. The quantitative estimate of drug-likeness (QED) is 0.669. The van der Waals surface area contributed by atoms with Crippen LogP contribution in [-0.4, -0.2) is 14.5 Å². The average molecular weight is 306 g/mol. The minimum atomic E-state index is -0.136. The summed E-state index contributed by atoms with van der Waals surface area (Å²) in [5, 5.41) is 4.21. The maximum Gasteiger partial charge on any atom is 0.160 e. The van der Waals surface area contributed by atoms with Crippen LogP contribution >= 0.6 is 22.9 Å². The topological polar surface area (TPSA) is 30.7 Å². The Bertz CT molecular complexity index is 758. The molecule has 1 unspecified atom stereocenters. The normalized spacial score (nSPS) is 13.0. The first-order valence-corrected chi connectivity index (χ1v) is 7.93. The van der Waals surface area contributed by atoms with Gasteiger partial charge in [0, 0.05) is 5.69 Å². The molecular formula is C15H16ClN3S. The number of nitrogens with zero attached hydrogens (tertiary/aromatic N) is 3. The van der Waals surface area contributed by atoms with Gasteiger partial charge in [0.2, 0.25) is 0 Å². The van der Waals surface area contributed by atoms with Gasteiger partial charge >= 0.3 is 0 Å². The number of rotatable bonds is 3. The van der Waals surface area contributed by atoms with E-state index in [-0.39, 0.29) is 5.38 Å². The maximum absolute atomic E-state index is 6.29. The van der Waals surface area contributed by atoms with E-state index in [1.165, 1.54) is 11.1 Å². The van der Waals surface area contributed by atoms with Crippen LogP contribution in [0.25, 0.3) is 11.2 Å². The Morgan fingerprint density at radius 2 is 2.05 bits per heavy atom. The molecule has 0 bridgehead atoms. The first-order valence-electron chi connectivity index (χ1n) is 6.56. The number of thiophene rings is 1. The summed E-state index contributed by atoms with van der Waals surface area (Å²) in [5.74, 6) is 0.880. The van der Waals surface area contributed by atoms with Gasteiger partial charge in [-0.1, -0.05) is 0 Å². The standard InChI is InChI=1S/C15H16ClN3S/c1-9-7-20-8-12(9)6-19-14(11(3)16)18-13-5-4-10(2)17-15(13)19/h4-5,7-8,11H,6H2,1-3H3. The molecule has 104 valence electrons. The Labute approximate surface area is 127 Å².